The quantitative estimate of drug-likeness (QED) is 0.0536. The van der Waals surface area contributed by atoms with Crippen molar-refractivity contribution in [2.75, 3.05) is 82.8 Å². The van der Waals surface area contributed by atoms with Gasteiger partial charge in [0.15, 0.2) is 46.0 Å². The van der Waals surface area contributed by atoms with Gasteiger partial charge in [0.1, 0.15) is 0 Å². The molecular weight excluding hydrogens is 1280 g/mol. The molecule has 0 bridgehead atoms. The lowest BCUT2D eigenvalue weighted by Crippen LogP contribution is -2.18. The third-order valence-corrected chi connectivity index (χ3v) is 18.6. The summed E-state index contributed by atoms with van der Waals surface area (Å²) in [6.07, 6.45) is 31.4. The number of hydrogen-bond acceptors (Lipinski definition) is 16. The first-order chi connectivity index (χ1) is 46.2. The van der Waals surface area contributed by atoms with Gasteiger partial charge in [-0.2, -0.15) is 0 Å². The summed E-state index contributed by atoms with van der Waals surface area (Å²) in [4.78, 5) is 24.8. The van der Waals surface area contributed by atoms with Crippen molar-refractivity contribution in [2.45, 2.75) is 134 Å². The van der Waals surface area contributed by atoms with Crippen LogP contribution in [0.3, 0.4) is 0 Å². The second-order valence-electron chi connectivity index (χ2n) is 24.5. The van der Waals surface area contributed by atoms with Crippen molar-refractivity contribution >= 4 is 69.2 Å². The van der Waals surface area contributed by atoms with Crippen LogP contribution in [0.1, 0.15) is 112 Å². The fourth-order valence-electron chi connectivity index (χ4n) is 11.6. The lowest BCUT2D eigenvalue weighted by atomic mass is 10.2. The number of nitrogens with zero attached hydrogens (tertiary/aromatic N) is 8. The van der Waals surface area contributed by atoms with Crippen LogP contribution in [0.25, 0.3) is 0 Å². The third-order valence-electron chi connectivity index (χ3n) is 17.3. The molecule has 506 valence electrons. The highest BCUT2D eigenvalue weighted by molar-refractivity contribution is 6.36. The Bertz CT molecular complexity index is 3500. The second kappa shape index (κ2) is 36.4. The highest BCUT2D eigenvalue weighted by Crippen LogP contribution is 2.40. The van der Waals surface area contributed by atoms with E-state index in [-0.39, 0.29) is 6.10 Å². The number of pyridine rings is 4. The number of hydrogen-bond donors (Lipinski definition) is 0. The Morgan fingerprint density at radius 3 is 1.05 bits per heavy atom. The largest absolute Gasteiger partial charge is 0.493 e. The SMILES string of the molecule is COc1ccc(N(C)Cc2c(Cl)cncc2Cl)cc1OC1CCCC1.COc1ccc(N(C)Cc2c(Cl)cncc2Cl)cc1OCC1CC1.COc1ccc(N(C)Cc2cccnc2)cc1OC1CCCC1.COc1ccc(N(C)Cc2ccncc2)cc1OC1CCCC1. The van der Waals surface area contributed by atoms with E-state index in [0.29, 0.717) is 51.3 Å². The van der Waals surface area contributed by atoms with Crippen LogP contribution >= 0.6 is 46.4 Å². The molecule has 4 fully saturated rings. The first-order valence-electron chi connectivity index (χ1n) is 32.7. The van der Waals surface area contributed by atoms with Gasteiger partial charge >= 0.3 is 0 Å². The molecule has 12 rings (SSSR count). The minimum atomic E-state index is 0.276. The Balaban J connectivity index is 0.000000149. The van der Waals surface area contributed by atoms with Gasteiger partial charge in [-0.25, -0.2) is 0 Å². The summed E-state index contributed by atoms with van der Waals surface area (Å²) in [6.45, 7) is 3.54. The van der Waals surface area contributed by atoms with Crippen molar-refractivity contribution in [2.24, 2.45) is 5.92 Å². The van der Waals surface area contributed by atoms with E-state index in [0.717, 1.165) is 138 Å². The molecule has 0 amide bonds. The van der Waals surface area contributed by atoms with Crippen LogP contribution in [-0.4, -0.2) is 101 Å². The molecule has 0 radical (unpaired) electrons. The molecule has 0 unspecified atom stereocenters. The average molecular weight is 1370 g/mol. The maximum atomic E-state index is 6.24. The molecule has 8 aromatic rings. The lowest BCUT2D eigenvalue weighted by Gasteiger charge is -2.23. The van der Waals surface area contributed by atoms with Gasteiger partial charge in [-0.15, -0.1) is 0 Å². The van der Waals surface area contributed by atoms with Crippen LogP contribution in [0, 0.1) is 5.92 Å². The van der Waals surface area contributed by atoms with Gasteiger partial charge in [0.25, 0.3) is 0 Å². The fourth-order valence-corrected chi connectivity index (χ4v) is 12.6. The molecule has 4 aliphatic rings. The van der Waals surface area contributed by atoms with Crippen molar-refractivity contribution in [1.29, 1.82) is 0 Å². The second-order valence-corrected chi connectivity index (χ2v) is 26.1. The summed E-state index contributed by atoms with van der Waals surface area (Å²) < 4.78 is 46.2. The van der Waals surface area contributed by atoms with Crippen molar-refractivity contribution in [1.82, 2.24) is 19.9 Å². The molecule has 0 saturated heterocycles. The average Bonchev–Trinajstić information content (AvgIpc) is 1.69. The zero-order chi connectivity index (χ0) is 67.1. The highest BCUT2D eigenvalue weighted by Gasteiger charge is 2.25. The third kappa shape index (κ3) is 21.4. The number of aromatic nitrogens is 4. The van der Waals surface area contributed by atoms with E-state index in [1.165, 1.54) is 62.5 Å². The molecule has 0 N–H and O–H groups in total. The number of benzene rings is 4. The van der Waals surface area contributed by atoms with E-state index in [9.17, 15) is 0 Å². The van der Waals surface area contributed by atoms with Gasteiger partial charge in [-0.3, -0.25) is 19.9 Å². The van der Waals surface area contributed by atoms with E-state index in [1.54, 1.807) is 59.4 Å². The minimum Gasteiger partial charge on any atom is -0.493 e. The topological polar surface area (TPSA) is 138 Å². The van der Waals surface area contributed by atoms with Crippen LogP contribution in [0.15, 0.2) is 147 Å². The van der Waals surface area contributed by atoms with Gasteiger partial charge in [-0.05, 0) is 174 Å². The first kappa shape index (κ1) is 71.5. The fraction of sp³-hybridized carbons (Fsp3) is 0.413. The van der Waals surface area contributed by atoms with Crippen LogP contribution in [-0.2, 0) is 26.2 Å². The van der Waals surface area contributed by atoms with Crippen molar-refractivity contribution in [3.8, 4) is 46.0 Å². The Kier molecular flexibility index (Phi) is 27.4. The Morgan fingerprint density at radius 1 is 0.358 bits per heavy atom. The van der Waals surface area contributed by atoms with E-state index >= 15 is 0 Å². The number of rotatable bonds is 25. The van der Waals surface area contributed by atoms with Gasteiger partial charge < -0.3 is 57.5 Å². The number of halogens is 4. The standard InChI is InChI=1S/C19H22Cl2N2O2.2C19H24N2O2.C18H20Cl2N2O2/c1-23(12-15-16(20)10-22-11-17(15)21)13-7-8-18(24-2)19(9-13)25-14-5-3-4-6-14;1-21(14-15-6-5-11-20-13-15)16-9-10-18(22-2)19(12-16)23-17-7-3-4-8-17;1-21(14-15-9-11-20-12-10-15)16-7-8-18(22-2)19(13-16)23-17-5-3-4-6-17;1-22(10-14-15(19)8-21-9-16(14)20)13-5-6-17(23-2)18(7-13)24-11-12-3-4-12/h7-11,14H,3-6,12H2,1-2H3;5-6,9-13,17H,3-4,7-8,14H2,1-2H3;7-13,17H,3-6,14H2,1-2H3;5-9,12H,3-4,10-11H2,1-2H3. The molecule has 0 aliphatic heterocycles. The smallest absolute Gasteiger partial charge is 0.163 e. The normalized spacial score (nSPS) is 14.4. The Labute approximate surface area is 581 Å². The lowest BCUT2D eigenvalue weighted by molar-refractivity contribution is 0.200. The summed E-state index contributed by atoms with van der Waals surface area (Å²) in [6, 6.07) is 32.3. The van der Waals surface area contributed by atoms with Gasteiger partial charge in [0.05, 0.1) is 73.4 Å². The molecule has 4 heterocycles. The molecule has 16 nitrogen and oxygen atoms in total. The molecular formula is C75H90Cl4N8O8. The van der Waals surface area contributed by atoms with Crippen LogP contribution in [0.5, 0.6) is 46.0 Å². The predicted octanol–water partition coefficient (Wildman–Crippen LogP) is 18.3. The Hall–Kier alpha value is -7.76. The number of anilines is 4. The molecule has 4 aromatic heterocycles. The van der Waals surface area contributed by atoms with E-state index < -0.39 is 0 Å². The summed E-state index contributed by atoms with van der Waals surface area (Å²) in [7, 11) is 14.8. The molecule has 4 aliphatic carbocycles. The summed E-state index contributed by atoms with van der Waals surface area (Å²) in [5, 5.41) is 2.26. The molecule has 20 heteroatoms. The minimum absolute atomic E-state index is 0.276. The van der Waals surface area contributed by atoms with Crippen molar-refractivity contribution in [3.63, 3.8) is 0 Å². The van der Waals surface area contributed by atoms with Crippen LogP contribution < -0.4 is 57.5 Å². The van der Waals surface area contributed by atoms with E-state index in [2.05, 4.69) is 84.0 Å². The van der Waals surface area contributed by atoms with Crippen molar-refractivity contribution < 1.29 is 37.9 Å². The first-order valence-corrected chi connectivity index (χ1v) is 34.2. The summed E-state index contributed by atoms with van der Waals surface area (Å²) in [5.74, 6) is 7.02. The zero-order valence-electron chi connectivity index (χ0n) is 56.0. The highest BCUT2D eigenvalue weighted by atomic mass is 35.5. The zero-order valence-corrected chi connectivity index (χ0v) is 59.0. The van der Waals surface area contributed by atoms with Crippen molar-refractivity contribution in [3.05, 3.63) is 189 Å². The van der Waals surface area contributed by atoms with E-state index in [4.69, 9.17) is 84.3 Å². The molecule has 0 spiro atoms. The van der Waals surface area contributed by atoms with Gasteiger partial charge in [0, 0.05) is 162 Å². The van der Waals surface area contributed by atoms with Gasteiger partial charge in [-0.1, -0.05) is 52.5 Å². The van der Waals surface area contributed by atoms with Gasteiger partial charge in [0.2, 0.25) is 0 Å². The predicted molar refractivity (Wildman–Crippen MR) is 384 cm³/mol. The summed E-state index contributed by atoms with van der Waals surface area (Å²) >= 11 is 24.9. The Morgan fingerprint density at radius 2 is 0.705 bits per heavy atom. The summed E-state index contributed by atoms with van der Waals surface area (Å²) in [5.41, 5.74) is 8.38. The number of methoxy groups -OCH3 is 4. The maximum absolute atomic E-state index is 6.24. The monoisotopic (exact) mass is 1370 g/mol. The molecule has 95 heavy (non-hydrogen) atoms. The maximum Gasteiger partial charge on any atom is 0.163 e. The molecule has 4 aromatic carbocycles. The number of ether oxygens (including phenoxy) is 8. The molecule has 0 atom stereocenters. The van der Waals surface area contributed by atoms with Crippen LogP contribution in [0.2, 0.25) is 20.1 Å². The van der Waals surface area contributed by atoms with E-state index in [1.807, 2.05) is 99.4 Å². The van der Waals surface area contributed by atoms with Crippen LogP contribution in [0.4, 0.5) is 22.7 Å². The molecule has 4 saturated carbocycles.